The van der Waals surface area contributed by atoms with Crippen molar-refractivity contribution < 1.29 is 14.3 Å². The van der Waals surface area contributed by atoms with Gasteiger partial charge in [-0.25, -0.2) is 4.79 Å². The molecule has 0 fully saturated rings. The second-order valence-corrected chi connectivity index (χ2v) is 5.16. The van der Waals surface area contributed by atoms with E-state index in [-0.39, 0.29) is 19.1 Å². The number of carbonyl (C=O) groups is 1. The number of carbonyl (C=O) groups excluding carboxylic acids is 1. The van der Waals surface area contributed by atoms with Gasteiger partial charge >= 0.3 is 5.97 Å². The Hall–Kier alpha value is -2.71. The third-order valence-electron chi connectivity index (χ3n) is 3.43. The zero-order valence-electron chi connectivity index (χ0n) is 12.2. The normalized spacial score (nSPS) is 10.6. The molecule has 3 rings (SSSR count). The summed E-state index contributed by atoms with van der Waals surface area (Å²) in [4.78, 5) is 12.4. The van der Waals surface area contributed by atoms with Gasteiger partial charge in [0.2, 0.25) is 0 Å². The Labute approximate surface area is 137 Å². The van der Waals surface area contributed by atoms with E-state index in [9.17, 15) is 4.79 Å². The van der Waals surface area contributed by atoms with E-state index in [0.29, 0.717) is 11.3 Å². The average Bonchev–Trinajstić information content (AvgIpc) is 2.91. The van der Waals surface area contributed by atoms with Gasteiger partial charge in [0, 0.05) is 5.39 Å². The highest BCUT2D eigenvalue weighted by atomic mass is 35.5. The first-order chi connectivity index (χ1) is 11.3. The molecule has 2 heterocycles. The van der Waals surface area contributed by atoms with Crippen molar-refractivity contribution in [2.45, 2.75) is 0 Å². The molecule has 0 amide bonds. The molecule has 0 aliphatic heterocycles. The van der Waals surface area contributed by atoms with Gasteiger partial charge in [0.25, 0.3) is 0 Å². The molecule has 6 heteroatoms. The number of pyridine rings is 1. The number of aromatic nitrogens is 1. The molecule has 0 saturated carbocycles. The van der Waals surface area contributed by atoms with Crippen LogP contribution in [-0.4, -0.2) is 29.5 Å². The fourth-order valence-electron chi connectivity index (χ4n) is 2.54. The number of rotatable bonds is 5. The van der Waals surface area contributed by atoms with Crippen LogP contribution in [0.3, 0.4) is 0 Å². The van der Waals surface area contributed by atoms with Gasteiger partial charge in [-0.2, -0.15) is 5.26 Å². The lowest BCUT2D eigenvalue weighted by Gasteiger charge is -2.05. The fourth-order valence-corrected chi connectivity index (χ4v) is 2.61. The predicted molar refractivity (Wildman–Crippen MR) is 87.0 cm³/mol. The highest BCUT2D eigenvalue weighted by Gasteiger charge is 2.19. The third-order valence-corrected chi connectivity index (χ3v) is 3.58. The average molecular weight is 329 g/mol. The predicted octanol–water partition coefficient (Wildman–Crippen LogP) is 3.39. The zero-order valence-corrected chi connectivity index (χ0v) is 12.9. The molecule has 5 nitrogen and oxygen atoms in total. The smallest absolute Gasteiger partial charge is 0.341 e. The van der Waals surface area contributed by atoms with Gasteiger partial charge in [-0.15, -0.1) is 11.6 Å². The largest absolute Gasteiger partial charge is 0.477 e. The van der Waals surface area contributed by atoms with Gasteiger partial charge in [-0.3, -0.25) is 0 Å². The Morgan fingerprint density at radius 1 is 1.22 bits per heavy atom. The van der Waals surface area contributed by atoms with Gasteiger partial charge in [0.1, 0.15) is 18.4 Å². The maximum atomic E-state index is 12.4. The standard InChI is InChI=1S/C17H13ClN2O3/c18-7-9-23-17(21)16-13-3-1-2-4-14(13)20-11-12(22-10-8-19)5-6-15(16)20/h1-6,11H,7,9-10H2. The summed E-state index contributed by atoms with van der Waals surface area (Å²) in [6.07, 6.45) is 1.76. The molecule has 1 aromatic carbocycles. The molecule has 2 aromatic heterocycles. The molecule has 0 aliphatic carbocycles. The van der Waals surface area contributed by atoms with Crippen LogP contribution in [-0.2, 0) is 4.74 Å². The molecule has 0 aliphatic rings. The van der Waals surface area contributed by atoms with Crippen molar-refractivity contribution in [3.05, 3.63) is 48.2 Å². The second-order valence-electron chi connectivity index (χ2n) is 4.78. The number of hydrogen-bond acceptors (Lipinski definition) is 4. The molecule has 116 valence electrons. The molecule has 0 bridgehead atoms. The first-order valence-electron chi connectivity index (χ1n) is 7.02. The molecule has 0 spiro atoms. The van der Waals surface area contributed by atoms with Crippen molar-refractivity contribution >= 4 is 34.0 Å². The minimum Gasteiger partial charge on any atom is -0.477 e. The monoisotopic (exact) mass is 328 g/mol. The van der Waals surface area contributed by atoms with Crippen LogP contribution in [0.4, 0.5) is 0 Å². The summed E-state index contributed by atoms with van der Waals surface area (Å²) in [5.41, 5.74) is 2.08. The van der Waals surface area contributed by atoms with Gasteiger partial charge in [-0.1, -0.05) is 18.2 Å². The third kappa shape index (κ3) is 2.81. The highest BCUT2D eigenvalue weighted by molar-refractivity contribution is 6.18. The van der Waals surface area contributed by atoms with E-state index in [1.807, 2.05) is 34.7 Å². The topological polar surface area (TPSA) is 63.7 Å². The summed E-state index contributed by atoms with van der Waals surface area (Å²) in [5, 5.41) is 9.41. The Balaban J connectivity index is 2.18. The number of fused-ring (bicyclic) bond motifs is 3. The molecule has 0 atom stereocenters. The summed E-state index contributed by atoms with van der Waals surface area (Å²) in [5.74, 6) is 0.400. The number of ether oxygens (including phenoxy) is 2. The van der Waals surface area contributed by atoms with Crippen LogP contribution >= 0.6 is 11.6 Å². The van der Waals surface area contributed by atoms with E-state index < -0.39 is 5.97 Å². The molecule has 0 N–H and O–H groups in total. The van der Waals surface area contributed by atoms with Crippen LogP contribution in [0.2, 0.25) is 0 Å². The maximum absolute atomic E-state index is 12.4. The van der Waals surface area contributed by atoms with Crippen LogP contribution < -0.4 is 4.74 Å². The lowest BCUT2D eigenvalue weighted by Crippen LogP contribution is -2.07. The summed E-state index contributed by atoms with van der Waals surface area (Å²) in [7, 11) is 0. The zero-order chi connectivity index (χ0) is 16.2. The molecule has 23 heavy (non-hydrogen) atoms. The summed E-state index contributed by atoms with van der Waals surface area (Å²) >= 11 is 5.59. The number of esters is 1. The van der Waals surface area contributed by atoms with E-state index in [0.717, 1.165) is 16.4 Å². The summed E-state index contributed by atoms with van der Waals surface area (Å²) in [6, 6.07) is 13.0. The number of nitriles is 1. The first kappa shape index (κ1) is 15.2. The number of benzene rings is 1. The quantitative estimate of drug-likeness (QED) is 0.532. The minimum absolute atomic E-state index is 0.0324. The number of nitrogens with zero attached hydrogens (tertiary/aromatic N) is 2. The Bertz CT molecular complexity index is 911. The molecule has 3 aromatic rings. The summed E-state index contributed by atoms with van der Waals surface area (Å²) in [6.45, 7) is 0.130. The van der Waals surface area contributed by atoms with Crippen LogP contribution in [0.15, 0.2) is 42.6 Å². The van der Waals surface area contributed by atoms with Gasteiger partial charge < -0.3 is 13.9 Å². The number of hydrogen-bond donors (Lipinski definition) is 0. The van der Waals surface area contributed by atoms with E-state index in [1.54, 1.807) is 18.3 Å². The van der Waals surface area contributed by atoms with Gasteiger partial charge in [0.15, 0.2) is 6.61 Å². The molecular formula is C17H13ClN2O3. The van der Waals surface area contributed by atoms with Crippen LogP contribution in [0.25, 0.3) is 16.4 Å². The van der Waals surface area contributed by atoms with E-state index >= 15 is 0 Å². The lowest BCUT2D eigenvalue weighted by atomic mass is 10.1. The van der Waals surface area contributed by atoms with Crippen LogP contribution in [0.1, 0.15) is 10.4 Å². The van der Waals surface area contributed by atoms with E-state index in [2.05, 4.69) is 0 Å². The molecule has 0 saturated heterocycles. The highest BCUT2D eigenvalue weighted by Crippen LogP contribution is 2.29. The molecule has 0 radical (unpaired) electrons. The van der Waals surface area contributed by atoms with Gasteiger partial charge in [0.05, 0.1) is 28.7 Å². The van der Waals surface area contributed by atoms with Crippen molar-refractivity contribution in [3.63, 3.8) is 0 Å². The van der Waals surface area contributed by atoms with Crippen molar-refractivity contribution in [1.29, 1.82) is 5.26 Å². The van der Waals surface area contributed by atoms with E-state index in [4.69, 9.17) is 26.3 Å². The van der Waals surface area contributed by atoms with Crippen LogP contribution in [0.5, 0.6) is 5.75 Å². The Morgan fingerprint density at radius 3 is 2.83 bits per heavy atom. The van der Waals surface area contributed by atoms with Gasteiger partial charge in [-0.05, 0) is 18.2 Å². The fraction of sp³-hybridized carbons (Fsp3) is 0.176. The first-order valence-corrected chi connectivity index (χ1v) is 7.55. The van der Waals surface area contributed by atoms with Crippen molar-refractivity contribution in [3.8, 4) is 11.8 Å². The van der Waals surface area contributed by atoms with Crippen LogP contribution in [0, 0.1) is 11.3 Å². The lowest BCUT2D eigenvalue weighted by molar-refractivity contribution is 0.0533. The number of halogens is 1. The number of para-hydroxylation sites is 1. The Morgan fingerprint density at radius 2 is 2.04 bits per heavy atom. The second kappa shape index (κ2) is 6.59. The molecule has 0 unspecified atom stereocenters. The van der Waals surface area contributed by atoms with Crippen molar-refractivity contribution in [1.82, 2.24) is 4.40 Å². The Kier molecular flexibility index (Phi) is 4.35. The minimum atomic E-state index is -0.407. The number of alkyl halides is 1. The molecular weight excluding hydrogens is 316 g/mol. The maximum Gasteiger partial charge on any atom is 0.341 e. The van der Waals surface area contributed by atoms with Crippen molar-refractivity contribution in [2.24, 2.45) is 0 Å². The van der Waals surface area contributed by atoms with Crippen molar-refractivity contribution in [2.75, 3.05) is 19.1 Å². The summed E-state index contributed by atoms with van der Waals surface area (Å²) < 4.78 is 12.4. The van der Waals surface area contributed by atoms with E-state index in [1.165, 1.54) is 0 Å². The SMILES string of the molecule is N#CCOc1ccc2c(C(=O)OCCCl)c3ccccc3n2c1.